The number of oxime groups is 1. The van der Waals surface area contributed by atoms with E-state index in [9.17, 15) is 8.42 Å². The fraction of sp³-hybridized carbons (Fsp3) is 0.600. The Balaban J connectivity index is 2.93. The largest absolute Gasteiger partial charge is 0.409 e. The Bertz CT molecular complexity index is 551. The van der Waals surface area contributed by atoms with Crippen molar-refractivity contribution >= 4 is 15.9 Å². The smallest absolute Gasteiger partial charge is 0.262 e. The lowest BCUT2D eigenvalue weighted by Gasteiger charge is -2.22. The summed E-state index contributed by atoms with van der Waals surface area (Å²) in [5.74, 6) is -0.0198. The van der Waals surface area contributed by atoms with Gasteiger partial charge in [0.1, 0.15) is 5.84 Å². The molecule has 1 aromatic heterocycles. The van der Waals surface area contributed by atoms with E-state index < -0.39 is 16.1 Å². The first-order chi connectivity index (χ1) is 8.82. The van der Waals surface area contributed by atoms with E-state index >= 15 is 0 Å². The number of sulfonamides is 1. The standard InChI is InChI=1S/C10H19N5O3S/c1-4-15-6-10(12-7-15)19(17,18)14(3)8(2)5-9(11)13-16/h6-8,16H,4-5H2,1-3H3,(H2,11,13). The van der Waals surface area contributed by atoms with Crippen LogP contribution in [0.2, 0.25) is 0 Å². The van der Waals surface area contributed by atoms with Gasteiger partial charge in [-0.05, 0) is 13.8 Å². The first-order valence-electron chi connectivity index (χ1n) is 5.79. The summed E-state index contributed by atoms with van der Waals surface area (Å²) >= 11 is 0. The first-order valence-corrected chi connectivity index (χ1v) is 7.23. The van der Waals surface area contributed by atoms with Crippen LogP contribution in [0.25, 0.3) is 0 Å². The van der Waals surface area contributed by atoms with E-state index in [4.69, 9.17) is 10.9 Å². The zero-order chi connectivity index (χ0) is 14.6. The average Bonchev–Trinajstić information content (AvgIpc) is 2.86. The number of nitrogens with zero attached hydrogens (tertiary/aromatic N) is 4. The summed E-state index contributed by atoms with van der Waals surface area (Å²) < 4.78 is 27.4. The highest BCUT2D eigenvalue weighted by atomic mass is 32.2. The lowest BCUT2D eigenvalue weighted by Crippen LogP contribution is -2.37. The summed E-state index contributed by atoms with van der Waals surface area (Å²) in [6.07, 6.45) is 3.08. The molecule has 0 saturated carbocycles. The number of aryl methyl sites for hydroxylation is 1. The molecule has 0 aromatic carbocycles. The number of rotatable bonds is 6. The fourth-order valence-corrected chi connectivity index (χ4v) is 2.79. The predicted octanol–water partition coefficient (Wildman–Crippen LogP) is 0.0485. The molecule has 1 rings (SSSR count). The van der Waals surface area contributed by atoms with Crippen LogP contribution in [0.1, 0.15) is 20.3 Å². The van der Waals surface area contributed by atoms with Gasteiger partial charge in [-0.15, -0.1) is 0 Å². The van der Waals surface area contributed by atoms with Crippen molar-refractivity contribution in [3.05, 3.63) is 12.5 Å². The van der Waals surface area contributed by atoms with Gasteiger partial charge in [-0.3, -0.25) is 0 Å². The Hall–Kier alpha value is -1.61. The molecule has 1 atom stereocenters. The van der Waals surface area contributed by atoms with Crippen molar-refractivity contribution in [1.82, 2.24) is 13.9 Å². The number of hydrogen-bond acceptors (Lipinski definition) is 5. The minimum absolute atomic E-state index is 0.0109. The quantitative estimate of drug-likeness (QED) is 0.332. The molecule has 1 unspecified atom stereocenters. The van der Waals surface area contributed by atoms with Crippen molar-refractivity contribution in [2.24, 2.45) is 10.9 Å². The molecule has 3 N–H and O–H groups in total. The fourth-order valence-electron chi connectivity index (χ4n) is 1.50. The van der Waals surface area contributed by atoms with Gasteiger partial charge in [-0.25, -0.2) is 13.4 Å². The van der Waals surface area contributed by atoms with Crippen molar-refractivity contribution in [1.29, 1.82) is 0 Å². The number of imidazole rings is 1. The van der Waals surface area contributed by atoms with Crippen LogP contribution in [0.3, 0.4) is 0 Å². The SMILES string of the molecule is CCn1cnc(S(=O)(=O)N(C)C(C)CC(N)=NO)c1. The van der Waals surface area contributed by atoms with Gasteiger partial charge in [0, 0.05) is 32.3 Å². The van der Waals surface area contributed by atoms with E-state index in [-0.39, 0.29) is 17.3 Å². The van der Waals surface area contributed by atoms with E-state index in [2.05, 4.69) is 10.1 Å². The molecule has 0 fully saturated rings. The average molecular weight is 289 g/mol. The second-order valence-corrected chi connectivity index (χ2v) is 6.15. The number of hydrogen-bond donors (Lipinski definition) is 2. The lowest BCUT2D eigenvalue weighted by atomic mass is 10.2. The van der Waals surface area contributed by atoms with Crippen LogP contribution in [0.15, 0.2) is 22.7 Å². The zero-order valence-electron chi connectivity index (χ0n) is 11.2. The van der Waals surface area contributed by atoms with E-state index in [0.29, 0.717) is 6.54 Å². The maximum atomic E-state index is 12.3. The molecular weight excluding hydrogens is 270 g/mol. The van der Waals surface area contributed by atoms with Gasteiger partial charge in [-0.2, -0.15) is 4.31 Å². The maximum absolute atomic E-state index is 12.3. The highest BCUT2D eigenvalue weighted by molar-refractivity contribution is 7.89. The van der Waals surface area contributed by atoms with Crippen molar-refractivity contribution in [2.75, 3.05) is 7.05 Å². The van der Waals surface area contributed by atoms with Crippen molar-refractivity contribution < 1.29 is 13.6 Å². The molecule has 0 aliphatic carbocycles. The zero-order valence-corrected chi connectivity index (χ0v) is 12.0. The van der Waals surface area contributed by atoms with Gasteiger partial charge >= 0.3 is 0 Å². The van der Waals surface area contributed by atoms with E-state index in [1.54, 1.807) is 11.5 Å². The number of nitrogens with two attached hydrogens (primary N) is 1. The third-order valence-electron chi connectivity index (χ3n) is 2.87. The lowest BCUT2D eigenvalue weighted by molar-refractivity contribution is 0.313. The predicted molar refractivity (Wildman–Crippen MR) is 70.3 cm³/mol. The van der Waals surface area contributed by atoms with Crippen LogP contribution in [0.4, 0.5) is 0 Å². The summed E-state index contributed by atoms with van der Waals surface area (Å²) in [4.78, 5) is 3.88. The van der Waals surface area contributed by atoms with Gasteiger partial charge in [0.15, 0.2) is 5.03 Å². The Kier molecular flexibility index (Phi) is 4.90. The molecule has 1 aromatic rings. The molecule has 0 bridgehead atoms. The molecule has 9 heteroatoms. The minimum Gasteiger partial charge on any atom is -0.409 e. The Labute approximate surface area is 112 Å². The molecule has 0 saturated heterocycles. The minimum atomic E-state index is -3.67. The van der Waals surface area contributed by atoms with Crippen molar-refractivity contribution in [3.8, 4) is 0 Å². The molecule has 0 aliphatic heterocycles. The van der Waals surface area contributed by atoms with Gasteiger partial charge in [0.2, 0.25) is 0 Å². The Morgan fingerprint density at radius 2 is 2.32 bits per heavy atom. The highest BCUT2D eigenvalue weighted by Gasteiger charge is 2.27. The summed E-state index contributed by atoms with van der Waals surface area (Å²) in [6, 6.07) is -0.437. The van der Waals surface area contributed by atoms with E-state index in [1.165, 1.54) is 19.6 Å². The van der Waals surface area contributed by atoms with Gasteiger partial charge in [0.05, 0.1) is 6.33 Å². The molecule has 8 nitrogen and oxygen atoms in total. The van der Waals surface area contributed by atoms with Gasteiger partial charge in [-0.1, -0.05) is 5.16 Å². The first kappa shape index (κ1) is 15.4. The van der Waals surface area contributed by atoms with Crippen LogP contribution in [0.5, 0.6) is 0 Å². The second-order valence-electron chi connectivity index (χ2n) is 4.21. The summed E-state index contributed by atoms with van der Waals surface area (Å²) in [5, 5.41) is 11.3. The third kappa shape index (κ3) is 3.44. The molecule has 1 heterocycles. The number of amidine groups is 1. The Morgan fingerprint density at radius 1 is 1.68 bits per heavy atom. The third-order valence-corrected chi connectivity index (χ3v) is 4.73. The van der Waals surface area contributed by atoms with Crippen LogP contribution in [0, 0.1) is 0 Å². The monoisotopic (exact) mass is 289 g/mol. The normalized spacial score (nSPS) is 14.8. The number of aromatic nitrogens is 2. The van der Waals surface area contributed by atoms with Crippen molar-refractivity contribution in [2.45, 2.75) is 37.9 Å². The van der Waals surface area contributed by atoms with Crippen LogP contribution < -0.4 is 5.73 Å². The molecule has 0 aliphatic rings. The Morgan fingerprint density at radius 3 is 2.79 bits per heavy atom. The molecule has 0 spiro atoms. The highest BCUT2D eigenvalue weighted by Crippen LogP contribution is 2.15. The molecular formula is C10H19N5O3S. The van der Waals surface area contributed by atoms with Crippen LogP contribution in [-0.4, -0.2) is 46.4 Å². The second kappa shape index (κ2) is 6.02. The van der Waals surface area contributed by atoms with Crippen LogP contribution >= 0.6 is 0 Å². The van der Waals surface area contributed by atoms with Gasteiger partial charge < -0.3 is 15.5 Å². The molecule has 0 radical (unpaired) electrons. The van der Waals surface area contributed by atoms with E-state index in [1.807, 2.05) is 6.92 Å². The molecule has 0 amide bonds. The molecule has 19 heavy (non-hydrogen) atoms. The topological polar surface area (TPSA) is 114 Å². The summed E-state index contributed by atoms with van der Waals surface area (Å²) in [6.45, 7) is 4.21. The summed E-state index contributed by atoms with van der Waals surface area (Å²) in [5.41, 5.74) is 5.38. The van der Waals surface area contributed by atoms with Crippen molar-refractivity contribution in [3.63, 3.8) is 0 Å². The van der Waals surface area contributed by atoms with Crippen LogP contribution in [-0.2, 0) is 16.6 Å². The van der Waals surface area contributed by atoms with Gasteiger partial charge in [0.25, 0.3) is 10.0 Å². The summed E-state index contributed by atoms with van der Waals surface area (Å²) in [7, 11) is -2.23. The van der Waals surface area contributed by atoms with E-state index in [0.717, 1.165) is 4.31 Å². The maximum Gasteiger partial charge on any atom is 0.262 e. The molecule has 108 valence electrons.